The standard InChI is InChI=1S/C16H22N2O2/c1-3-18(15-6-4-5-7-15)16(20)17-14-10-8-13(9-11-14)12(2)19/h8-11,15H,3-7H2,1-2H3,(H,17,20). The van der Waals surface area contributed by atoms with Gasteiger partial charge in [-0.15, -0.1) is 0 Å². The van der Waals surface area contributed by atoms with Crippen LogP contribution < -0.4 is 5.32 Å². The minimum Gasteiger partial charge on any atom is -0.322 e. The molecule has 0 radical (unpaired) electrons. The van der Waals surface area contributed by atoms with E-state index in [2.05, 4.69) is 5.32 Å². The first kappa shape index (κ1) is 14.6. The summed E-state index contributed by atoms with van der Waals surface area (Å²) in [6.45, 7) is 4.27. The van der Waals surface area contributed by atoms with Gasteiger partial charge in [0.15, 0.2) is 5.78 Å². The largest absolute Gasteiger partial charge is 0.322 e. The number of amides is 2. The van der Waals surface area contributed by atoms with E-state index in [1.807, 2.05) is 11.8 Å². The van der Waals surface area contributed by atoms with Crippen LogP contribution >= 0.6 is 0 Å². The van der Waals surface area contributed by atoms with Crippen molar-refractivity contribution in [2.75, 3.05) is 11.9 Å². The van der Waals surface area contributed by atoms with E-state index in [1.54, 1.807) is 24.3 Å². The van der Waals surface area contributed by atoms with Crippen LogP contribution in [0.5, 0.6) is 0 Å². The molecule has 0 spiro atoms. The van der Waals surface area contributed by atoms with E-state index >= 15 is 0 Å². The minimum atomic E-state index is -0.0463. The van der Waals surface area contributed by atoms with Crippen LogP contribution in [0.15, 0.2) is 24.3 Å². The molecule has 2 amide bonds. The highest BCUT2D eigenvalue weighted by molar-refractivity contribution is 5.95. The molecule has 1 aromatic carbocycles. The Hall–Kier alpha value is -1.84. The lowest BCUT2D eigenvalue weighted by molar-refractivity contribution is 0.101. The summed E-state index contributed by atoms with van der Waals surface area (Å²) in [7, 11) is 0. The molecule has 0 unspecified atom stereocenters. The Kier molecular flexibility index (Phi) is 4.77. The summed E-state index contributed by atoms with van der Waals surface area (Å²) >= 11 is 0. The summed E-state index contributed by atoms with van der Waals surface area (Å²) in [6.07, 6.45) is 4.62. The monoisotopic (exact) mass is 274 g/mol. The maximum Gasteiger partial charge on any atom is 0.322 e. The number of urea groups is 1. The second kappa shape index (κ2) is 6.55. The van der Waals surface area contributed by atoms with Crippen molar-refractivity contribution in [2.24, 2.45) is 0 Å². The third-order valence-corrected chi connectivity index (χ3v) is 3.91. The summed E-state index contributed by atoms with van der Waals surface area (Å²) in [6, 6.07) is 7.36. The summed E-state index contributed by atoms with van der Waals surface area (Å²) in [5, 5.41) is 2.91. The second-order valence-electron chi connectivity index (χ2n) is 5.29. The van der Waals surface area contributed by atoms with E-state index in [1.165, 1.54) is 19.8 Å². The number of ketones is 1. The lowest BCUT2D eigenvalue weighted by Gasteiger charge is -2.27. The summed E-state index contributed by atoms with van der Waals surface area (Å²) in [4.78, 5) is 25.4. The van der Waals surface area contributed by atoms with Crippen LogP contribution in [0.2, 0.25) is 0 Å². The Balaban J connectivity index is 2.00. The highest BCUT2D eigenvalue weighted by Crippen LogP contribution is 2.24. The number of carbonyl (C=O) groups excluding carboxylic acids is 2. The van der Waals surface area contributed by atoms with Crippen LogP contribution in [0.1, 0.15) is 49.9 Å². The molecule has 20 heavy (non-hydrogen) atoms. The zero-order valence-electron chi connectivity index (χ0n) is 12.2. The average Bonchev–Trinajstić information content (AvgIpc) is 2.94. The number of hydrogen-bond donors (Lipinski definition) is 1. The van der Waals surface area contributed by atoms with E-state index < -0.39 is 0 Å². The fraction of sp³-hybridized carbons (Fsp3) is 0.500. The molecular weight excluding hydrogens is 252 g/mol. The molecule has 0 heterocycles. The molecule has 4 nitrogen and oxygen atoms in total. The second-order valence-corrected chi connectivity index (χ2v) is 5.29. The molecule has 1 fully saturated rings. The molecule has 2 rings (SSSR count). The lowest BCUT2D eigenvalue weighted by Crippen LogP contribution is -2.41. The van der Waals surface area contributed by atoms with Gasteiger partial charge in [-0.05, 0) is 51.0 Å². The summed E-state index contributed by atoms with van der Waals surface area (Å²) < 4.78 is 0. The normalized spacial score (nSPS) is 15.1. The van der Waals surface area contributed by atoms with Gasteiger partial charge >= 0.3 is 6.03 Å². The van der Waals surface area contributed by atoms with Gasteiger partial charge in [0.2, 0.25) is 0 Å². The molecule has 1 aliphatic carbocycles. The van der Waals surface area contributed by atoms with Gasteiger partial charge in [0.05, 0.1) is 0 Å². The van der Waals surface area contributed by atoms with Gasteiger partial charge in [0.1, 0.15) is 0 Å². The zero-order valence-corrected chi connectivity index (χ0v) is 12.2. The van der Waals surface area contributed by atoms with Crippen molar-refractivity contribution in [1.29, 1.82) is 0 Å². The third-order valence-electron chi connectivity index (χ3n) is 3.91. The number of Topliss-reactive ketones (excluding diaryl/α,β-unsaturated/α-hetero) is 1. The van der Waals surface area contributed by atoms with Crippen molar-refractivity contribution in [3.8, 4) is 0 Å². The maximum atomic E-state index is 12.3. The summed E-state index contributed by atoms with van der Waals surface area (Å²) in [5.74, 6) is 0.0315. The Morgan fingerprint density at radius 2 is 1.80 bits per heavy atom. The Labute approximate surface area is 120 Å². The molecule has 4 heteroatoms. The molecule has 0 bridgehead atoms. The molecule has 0 aromatic heterocycles. The Bertz CT molecular complexity index is 476. The SMILES string of the molecule is CCN(C(=O)Nc1ccc(C(C)=O)cc1)C1CCCC1. The topological polar surface area (TPSA) is 49.4 Å². The van der Waals surface area contributed by atoms with Gasteiger partial charge < -0.3 is 10.2 Å². The predicted molar refractivity (Wildman–Crippen MR) is 80.1 cm³/mol. The number of carbonyl (C=O) groups is 2. The number of nitrogens with zero attached hydrogens (tertiary/aromatic N) is 1. The fourth-order valence-electron chi connectivity index (χ4n) is 2.77. The van der Waals surface area contributed by atoms with Crippen LogP contribution in [-0.2, 0) is 0 Å². The average molecular weight is 274 g/mol. The van der Waals surface area contributed by atoms with Crippen molar-refractivity contribution in [1.82, 2.24) is 4.90 Å². The molecule has 0 aliphatic heterocycles. The molecule has 1 aromatic rings. The van der Waals surface area contributed by atoms with E-state index in [9.17, 15) is 9.59 Å². The van der Waals surface area contributed by atoms with E-state index in [4.69, 9.17) is 0 Å². The minimum absolute atomic E-state index is 0.0315. The van der Waals surface area contributed by atoms with Crippen molar-refractivity contribution in [3.05, 3.63) is 29.8 Å². The van der Waals surface area contributed by atoms with Crippen LogP contribution in [0.4, 0.5) is 10.5 Å². The predicted octanol–water partition coefficient (Wildman–Crippen LogP) is 3.69. The van der Waals surface area contributed by atoms with Gasteiger partial charge in [-0.1, -0.05) is 12.8 Å². The highest BCUT2D eigenvalue weighted by atomic mass is 16.2. The number of nitrogens with one attached hydrogen (secondary N) is 1. The van der Waals surface area contributed by atoms with Crippen molar-refractivity contribution < 1.29 is 9.59 Å². The number of anilines is 1. The molecular formula is C16H22N2O2. The lowest BCUT2D eigenvalue weighted by atomic mass is 10.1. The van der Waals surface area contributed by atoms with Crippen LogP contribution in [-0.4, -0.2) is 29.3 Å². The molecule has 108 valence electrons. The Morgan fingerprint density at radius 3 is 2.30 bits per heavy atom. The van der Waals surface area contributed by atoms with Crippen LogP contribution in [0.25, 0.3) is 0 Å². The Morgan fingerprint density at radius 1 is 1.20 bits per heavy atom. The van der Waals surface area contributed by atoms with E-state index in [0.717, 1.165) is 25.1 Å². The number of hydrogen-bond acceptors (Lipinski definition) is 2. The van der Waals surface area contributed by atoms with Crippen molar-refractivity contribution in [3.63, 3.8) is 0 Å². The zero-order chi connectivity index (χ0) is 14.5. The molecule has 1 N–H and O–H groups in total. The van der Waals surface area contributed by atoms with E-state index in [0.29, 0.717) is 11.6 Å². The summed E-state index contributed by atoms with van der Waals surface area (Å²) in [5.41, 5.74) is 1.39. The van der Waals surface area contributed by atoms with Crippen molar-refractivity contribution >= 4 is 17.5 Å². The fourth-order valence-corrected chi connectivity index (χ4v) is 2.77. The van der Waals surface area contributed by atoms with Crippen molar-refractivity contribution in [2.45, 2.75) is 45.6 Å². The smallest absolute Gasteiger partial charge is 0.322 e. The first-order valence-corrected chi connectivity index (χ1v) is 7.30. The van der Waals surface area contributed by atoms with Crippen LogP contribution in [0.3, 0.4) is 0 Å². The maximum absolute atomic E-state index is 12.3. The molecule has 0 saturated heterocycles. The molecule has 1 saturated carbocycles. The van der Waals surface area contributed by atoms with Gasteiger partial charge in [0, 0.05) is 23.8 Å². The van der Waals surface area contributed by atoms with Gasteiger partial charge in [-0.25, -0.2) is 4.79 Å². The van der Waals surface area contributed by atoms with Crippen LogP contribution in [0, 0.1) is 0 Å². The number of benzene rings is 1. The van der Waals surface area contributed by atoms with Gasteiger partial charge in [-0.3, -0.25) is 4.79 Å². The third kappa shape index (κ3) is 3.38. The first-order valence-electron chi connectivity index (χ1n) is 7.30. The molecule has 0 atom stereocenters. The quantitative estimate of drug-likeness (QED) is 0.851. The number of rotatable bonds is 4. The first-order chi connectivity index (χ1) is 9.61. The van der Waals surface area contributed by atoms with E-state index in [-0.39, 0.29) is 11.8 Å². The highest BCUT2D eigenvalue weighted by Gasteiger charge is 2.25. The van der Waals surface area contributed by atoms with Gasteiger partial charge in [0.25, 0.3) is 0 Å². The molecule has 1 aliphatic rings. The van der Waals surface area contributed by atoms with Gasteiger partial charge in [-0.2, -0.15) is 0 Å².